The number of fused-ring (bicyclic) bond motifs is 7. The summed E-state index contributed by atoms with van der Waals surface area (Å²) in [6, 6.07) is 60.1. The quantitative estimate of drug-likeness (QED) is 0.117. The van der Waals surface area contributed by atoms with Crippen LogP contribution in [0.4, 0.5) is 28.4 Å². The highest BCUT2D eigenvalue weighted by atomic mass is 16.3. The molecule has 5 heteroatoms. The smallest absolute Gasteiger partial charge is 0.161 e. The van der Waals surface area contributed by atoms with Gasteiger partial charge in [0.25, 0.3) is 0 Å². The van der Waals surface area contributed by atoms with Crippen molar-refractivity contribution in [2.45, 2.75) is 78.7 Å². The molecule has 0 saturated carbocycles. The number of rotatable bonds is 13. The van der Waals surface area contributed by atoms with Crippen molar-refractivity contribution in [3.8, 4) is 11.1 Å². The molecule has 0 bridgehead atoms. The summed E-state index contributed by atoms with van der Waals surface area (Å²) in [5.74, 6) is 1.56. The van der Waals surface area contributed by atoms with Gasteiger partial charge in [-0.2, -0.15) is 0 Å². The zero-order valence-electron chi connectivity index (χ0n) is 43.2. The molecule has 2 heterocycles. The summed E-state index contributed by atoms with van der Waals surface area (Å²) < 4.78 is 14.7. The molecule has 1 N–H and O–H groups in total. The molecule has 0 saturated heterocycles. The van der Waals surface area contributed by atoms with Crippen LogP contribution in [0, 0.1) is 12.8 Å². The van der Waals surface area contributed by atoms with E-state index in [9.17, 15) is 5.11 Å². The lowest BCUT2D eigenvalue weighted by molar-refractivity contribution is 0.165. The zero-order valence-corrected chi connectivity index (χ0v) is 43.2. The van der Waals surface area contributed by atoms with Gasteiger partial charge in [-0.05, 0) is 104 Å². The van der Waals surface area contributed by atoms with E-state index in [1.54, 1.807) is 0 Å². The standard InChI is InChI=1S/C67H58N2O3.C2H6/c1-43-34-38-50(39-35-43)68(52-25-15-24-49(42-52)45(3)18-14-33-60(70)48-22-9-6-10-23-48)62-54-26-11-12-27-55(54)63(67-61(62)58-31-13-19-46(4)64(58)71-67)69(51-40-36-44(2)37-41-51)59-32-17-30-57-56-29-16-28-53(65(56)72-66(57)59)47-20-7-5-8-21-47;1-2/h5-13,15-17,20-32,34-36,38-42,44,46,60,70H,3,14,18-19,33,37H2,1-2,4H3;1-2H3. The first-order chi connectivity index (χ1) is 36.3. The number of para-hydroxylation sites is 2. The molecule has 3 unspecified atom stereocenters. The van der Waals surface area contributed by atoms with Crippen LogP contribution >= 0.6 is 0 Å². The first-order valence-electron chi connectivity index (χ1n) is 26.5. The van der Waals surface area contributed by atoms with E-state index in [2.05, 4.69) is 207 Å². The lowest BCUT2D eigenvalue weighted by atomic mass is 9.91. The number of hydrogen-bond donors (Lipinski definition) is 1. The van der Waals surface area contributed by atoms with E-state index in [0.29, 0.717) is 12.3 Å². The summed E-state index contributed by atoms with van der Waals surface area (Å²) in [6.45, 7) is 15.3. The molecule has 10 aromatic rings. The molecule has 2 aliphatic rings. The van der Waals surface area contributed by atoms with E-state index in [1.807, 2.05) is 44.2 Å². The summed E-state index contributed by atoms with van der Waals surface area (Å²) in [6.07, 6.45) is 15.1. The molecule has 368 valence electrons. The second kappa shape index (κ2) is 20.8. The number of anilines is 5. The number of allylic oxidation sites excluding steroid dienone is 5. The largest absolute Gasteiger partial charge is 0.458 e. The Balaban J connectivity index is 0.00000291. The molecular formula is C69H64N2O3. The van der Waals surface area contributed by atoms with E-state index in [4.69, 9.17) is 8.83 Å². The molecule has 2 aromatic heterocycles. The van der Waals surface area contributed by atoms with Gasteiger partial charge in [-0.25, -0.2) is 0 Å². The average molecular weight is 969 g/mol. The predicted molar refractivity (Wildman–Crippen MR) is 313 cm³/mol. The summed E-state index contributed by atoms with van der Waals surface area (Å²) in [5.41, 5.74) is 16.2. The summed E-state index contributed by atoms with van der Waals surface area (Å²) in [4.78, 5) is 4.85. The normalized spacial score (nSPS) is 15.5. The van der Waals surface area contributed by atoms with Crippen molar-refractivity contribution in [3.05, 3.63) is 234 Å². The van der Waals surface area contributed by atoms with Gasteiger partial charge in [-0.3, -0.25) is 0 Å². The van der Waals surface area contributed by atoms with Crippen molar-refractivity contribution in [2.24, 2.45) is 5.92 Å². The molecule has 0 fully saturated rings. The van der Waals surface area contributed by atoms with Crippen molar-refractivity contribution < 1.29 is 13.9 Å². The maximum absolute atomic E-state index is 11.0. The van der Waals surface area contributed by atoms with E-state index in [0.717, 1.165) is 143 Å². The molecular weight excluding hydrogens is 905 g/mol. The number of hydrogen-bond acceptors (Lipinski definition) is 5. The van der Waals surface area contributed by atoms with Gasteiger partial charge in [-0.1, -0.05) is 204 Å². The highest BCUT2D eigenvalue weighted by Crippen LogP contribution is 2.55. The third kappa shape index (κ3) is 8.86. The number of nitrogens with zero attached hydrogens (tertiary/aromatic N) is 2. The second-order valence-corrected chi connectivity index (χ2v) is 19.9. The van der Waals surface area contributed by atoms with Gasteiger partial charge in [0, 0.05) is 55.7 Å². The number of aryl methyl sites for hydroxylation is 1. The maximum Gasteiger partial charge on any atom is 0.161 e. The van der Waals surface area contributed by atoms with Crippen LogP contribution in [0.1, 0.15) is 99.8 Å². The number of benzene rings is 8. The van der Waals surface area contributed by atoms with Gasteiger partial charge < -0.3 is 23.7 Å². The Kier molecular flexibility index (Phi) is 13.5. The predicted octanol–water partition coefficient (Wildman–Crippen LogP) is 20.0. The fourth-order valence-electron chi connectivity index (χ4n) is 11.1. The molecule has 2 aliphatic carbocycles. The van der Waals surface area contributed by atoms with Gasteiger partial charge in [0.05, 0.1) is 28.6 Å². The first kappa shape index (κ1) is 48.2. The third-order valence-corrected chi connectivity index (χ3v) is 14.9. The minimum absolute atomic E-state index is 0.166. The van der Waals surface area contributed by atoms with Crippen molar-refractivity contribution in [2.75, 3.05) is 9.80 Å². The Hall–Kier alpha value is -8.12. The maximum atomic E-state index is 11.0. The molecule has 0 amide bonds. The Labute approximate surface area is 435 Å². The molecule has 12 rings (SSSR count). The van der Waals surface area contributed by atoms with Crippen molar-refractivity contribution in [3.63, 3.8) is 0 Å². The van der Waals surface area contributed by atoms with Gasteiger partial charge in [0.15, 0.2) is 11.2 Å². The van der Waals surface area contributed by atoms with E-state index < -0.39 is 6.10 Å². The van der Waals surface area contributed by atoms with Gasteiger partial charge >= 0.3 is 0 Å². The average Bonchev–Trinajstić information content (AvgIpc) is 4.05. The SMILES string of the molecule is C=C(CCCC(O)c1ccccc1)c1cccc(N(c2ccc(C)cc2)c2c3ccccc3c(N(C3=CCC(C)C=C3)c3cccc4c3oc3c(-c5ccccc5)cccc34)c3oc4c(c23)C=CCC4C)c1.CC. The van der Waals surface area contributed by atoms with Gasteiger partial charge in [0.2, 0.25) is 0 Å². The Morgan fingerprint density at radius 1 is 0.649 bits per heavy atom. The molecule has 0 spiro atoms. The van der Waals surface area contributed by atoms with Gasteiger partial charge in [0.1, 0.15) is 11.3 Å². The molecule has 3 atom stereocenters. The van der Waals surface area contributed by atoms with E-state index in [-0.39, 0.29) is 5.92 Å². The third-order valence-electron chi connectivity index (χ3n) is 14.9. The summed E-state index contributed by atoms with van der Waals surface area (Å²) in [5, 5.41) is 16.4. The van der Waals surface area contributed by atoms with Crippen molar-refractivity contribution >= 4 is 83.8 Å². The molecule has 0 aliphatic heterocycles. The summed E-state index contributed by atoms with van der Waals surface area (Å²) >= 11 is 0. The molecule has 5 nitrogen and oxygen atoms in total. The van der Waals surface area contributed by atoms with Crippen molar-refractivity contribution in [1.82, 2.24) is 0 Å². The van der Waals surface area contributed by atoms with E-state index in [1.165, 1.54) is 5.56 Å². The molecule has 74 heavy (non-hydrogen) atoms. The molecule has 8 aromatic carbocycles. The fraction of sp³-hybridized carbons (Fsp3) is 0.188. The second-order valence-electron chi connectivity index (χ2n) is 19.9. The highest BCUT2D eigenvalue weighted by Gasteiger charge is 2.34. The Bertz CT molecular complexity index is 3760. The van der Waals surface area contributed by atoms with Crippen molar-refractivity contribution in [1.29, 1.82) is 0 Å². The molecule has 0 radical (unpaired) electrons. The van der Waals surface area contributed by atoms with Crippen LogP contribution in [0.25, 0.3) is 66.5 Å². The van der Waals surface area contributed by atoms with Crippen LogP contribution in [-0.4, -0.2) is 5.11 Å². The summed E-state index contributed by atoms with van der Waals surface area (Å²) in [7, 11) is 0. The van der Waals surface area contributed by atoms with Crippen LogP contribution < -0.4 is 9.80 Å². The minimum atomic E-state index is -0.511. The van der Waals surface area contributed by atoms with E-state index >= 15 is 0 Å². The van der Waals surface area contributed by atoms with Crippen LogP contribution in [0.2, 0.25) is 0 Å². The van der Waals surface area contributed by atoms with Gasteiger partial charge in [-0.15, -0.1) is 0 Å². The first-order valence-corrected chi connectivity index (χ1v) is 26.5. The lowest BCUT2D eigenvalue weighted by Crippen LogP contribution is -2.19. The number of furan rings is 2. The minimum Gasteiger partial charge on any atom is -0.458 e. The Morgan fingerprint density at radius 3 is 2.07 bits per heavy atom. The highest BCUT2D eigenvalue weighted by molar-refractivity contribution is 6.24. The zero-order chi connectivity index (χ0) is 50.9. The number of aliphatic hydroxyl groups excluding tert-OH is 1. The fourth-order valence-corrected chi connectivity index (χ4v) is 11.1. The van der Waals surface area contributed by atoms with Crippen LogP contribution in [0.3, 0.4) is 0 Å². The monoisotopic (exact) mass is 968 g/mol. The number of aliphatic hydroxyl groups is 1. The topological polar surface area (TPSA) is 53.0 Å². The Morgan fingerprint density at radius 2 is 1.32 bits per heavy atom. The lowest BCUT2D eigenvalue weighted by Gasteiger charge is -2.32. The van der Waals surface area contributed by atoms with Crippen LogP contribution in [0.5, 0.6) is 0 Å². The van der Waals surface area contributed by atoms with Crippen LogP contribution in [-0.2, 0) is 0 Å². The van der Waals surface area contributed by atoms with Crippen LogP contribution in [0.15, 0.2) is 215 Å².